The summed E-state index contributed by atoms with van der Waals surface area (Å²) >= 11 is 1.50. The van der Waals surface area contributed by atoms with Crippen LogP contribution in [0.3, 0.4) is 0 Å². The Labute approximate surface area is 200 Å². The molecule has 0 bridgehead atoms. The molecule has 3 aliphatic rings. The molecule has 1 aromatic heterocycles. The fraction of sp³-hybridized carbons (Fsp3) is 0.320. The maximum Gasteiger partial charge on any atom is 0.336 e. The Kier molecular flexibility index (Phi) is 5.65. The molecule has 8 nitrogen and oxygen atoms in total. The van der Waals surface area contributed by atoms with E-state index in [1.807, 2.05) is 17.5 Å². The van der Waals surface area contributed by atoms with E-state index < -0.39 is 23.8 Å². The maximum atomic E-state index is 14.0. The number of thiophene rings is 1. The first-order valence-electron chi connectivity index (χ1n) is 10.8. The number of ether oxygens (including phenoxy) is 4. The lowest BCUT2D eigenvalue weighted by Crippen LogP contribution is -2.43. The molecular formula is C25H23NO7S. The van der Waals surface area contributed by atoms with E-state index in [0.29, 0.717) is 46.0 Å². The Balaban J connectivity index is 1.68. The molecule has 34 heavy (non-hydrogen) atoms. The lowest BCUT2D eigenvalue weighted by atomic mass is 9.68. The molecule has 2 aliphatic heterocycles. The largest absolute Gasteiger partial charge is 0.468 e. The van der Waals surface area contributed by atoms with Crippen molar-refractivity contribution in [1.29, 1.82) is 0 Å². The monoisotopic (exact) mass is 481 g/mol. The minimum atomic E-state index is -1.02. The Hall–Kier alpha value is -3.59. The summed E-state index contributed by atoms with van der Waals surface area (Å²) in [6.45, 7) is 1.89. The minimum absolute atomic E-state index is 0.101. The summed E-state index contributed by atoms with van der Waals surface area (Å²) in [5, 5.41) is 5.19. The van der Waals surface area contributed by atoms with E-state index in [2.05, 4.69) is 5.32 Å². The average molecular weight is 482 g/mol. The number of hydrogen-bond donors (Lipinski definition) is 1. The average Bonchev–Trinajstić information content (AvgIpc) is 3.54. The van der Waals surface area contributed by atoms with Gasteiger partial charge >= 0.3 is 11.9 Å². The SMILES string of the molecule is COC(=O)C1=C(C)NC2=C(C(=O)[C@H](C(=O)OC)[C@@H](c3cccs3)C2)[C@@H]1c1ccc2c(c1)OCO2. The lowest BCUT2D eigenvalue weighted by molar-refractivity contribution is -0.149. The van der Waals surface area contributed by atoms with Gasteiger partial charge < -0.3 is 24.3 Å². The number of rotatable bonds is 4. The normalized spacial score (nSPS) is 23.4. The fourth-order valence-corrected chi connectivity index (χ4v) is 5.87. The van der Waals surface area contributed by atoms with Gasteiger partial charge in [0.15, 0.2) is 17.3 Å². The number of allylic oxidation sites excluding steroid dienone is 3. The predicted octanol–water partition coefficient (Wildman–Crippen LogP) is 3.41. The number of nitrogens with one attached hydrogen (secondary N) is 1. The van der Waals surface area contributed by atoms with Crippen LogP contribution in [0, 0.1) is 5.92 Å². The van der Waals surface area contributed by atoms with Crippen LogP contribution >= 0.6 is 11.3 Å². The highest BCUT2D eigenvalue weighted by Gasteiger charge is 2.49. The van der Waals surface area contributed by atoms with Gasteiger partial charge in [-0.1, -0.05) is 12.1 Å². The summed E-state index contributed by atoms with van der Waals surface area (Å²) in [7, 11) is 2.58. The number of fused-ring (bicyclic) bond motifs is 1. The molecule has 0 unspecified atom stereocenters. The molecule has 0 saturated carbocycles. The van der Waals surface area contributed by atoms with Gasteiger partial charge in [-0.05, 0) is 42.5 Å². The number of benzene rings is 1. The van der Waals surface area contributed by atoms with Crippen LogP contribution in [0.5, 0.6) is 11.5 Å². The quantitative estimate of drug-likeness (QED) is 0.524. The van der Waals surface area contributed by atoms with E-state index in [-0.39, 0.29) is 18.5 Å². The van der Waals surface area contributed by atoms with Crippen molar-refractivity contribution in [3.05, 3.63) is 68.7 Å². The molecule has 1 aliphatic carbocycles. The van der Waals surface area contributed by atoms with Crippen LogP contribution in [0.15, 0.2) is 58.3 Å². The van der Waals surface area contributed by atoms with Gasteiger partial charge in [0.05, 0.1) is 19.8 Å². The van der Waals surface area contributed by atoms with Crippen molar-refractivity contribution in [2.24, 2.45) is 5.92 Å². The third-order valence-electron chi connectivity index (χ3n) is 6.52. The van der Waals surface area contributed by atoms with Crippen molar-refractivity contribution in [3.8, 4) is 11.5 Å². The molecular weight excluding hydrogens is 458 g/mol. The third-order valence-corrected chi connectivity index (χ3v) is 7.52. The summed E-state index contributed by atoms with van der Waals surface area (Å²) in [5.41, 5.74) is 2.64. The van der Waals surface area contributed by atoms with E-state index in [4.69, 9.17) is 18.9 Å². The summed E-state index contributed by atoms with van der Waals surface area (Å²) in [6.07, 6.45) is 0.425. The van der Waals surface area contributed by atoms with E-state index >= 15 is 0 Å². The molecule has 5 rings (SSSR count). The molecule has 3 atom stereocenters. The van der Waals surface area contributed by atoms with Crippen molar-refractivity contribution in [1.82, 2.24) is 5.32 Å². The van der Waals surface area contributed by atoms with E-state index in [0.717, 1.165) is 4.88 Å². The smallest absolute Gasteiger partial charge is 0.336 e. The number of esters is 2. The van der Waals surface area contributed by atoms with Crippen molar-refractivity contribution in [2.75, 3.05) is 21.0 Å². The molecule has 176 valence electrons. The number of carbonyl (C=O) groups is 3. The van der Waals surface area contributed by atoms with Crippen LogP contribution in [-0.2, 0) is 23.9 Å². The molecule has 0 amide bonds. The van der Waals surface area contributed by atoms with Crippen LogP contribution < -0.4 is 14.8 Å². The van der Waals surface area contributed by atoms with Crippen LogP contribution in [0.1, 0.15) is 35.6 Å². The summed E-state index contributed by atoms with van der Waals surface area (Å²) < 4.78 is 21.1. The topological polar surface area (TPSA) is 100 Å². The van der Waals surface area contributed by atoms with Gasteiger partial charge in [0.1, 0.15) is 5.92 Å². The lowest BCUT2D eigenvalue weighted by Gasteiger charge is -2.39. The molecule has 0 fully saturated rings. The minimum Gasteiger partial charge on any atom is -0.468 e. The number of hydrogen-bond acceptors (Lipinski definition) is 9. The van der Waals surface area contributed by atoms with Gasteiger partial charge in [-0.3, -0.25) is 9.59 Å². The van der Waals surface area contributed by atoms with Crippen LogP contribution in [0.2, 0.25) is 0 Å². The molecule has 0 saturated heterocycles. The van der Waals surface area contributed by atoms with Gasteiger partial charge in [-0.2, -0.15) is 0 Å². The number of ketones is 1. The van der Waals surface area contributed by atoms with Gasteiger partial charge in [-0.15, -0.1) is 11.3 Å². The Morgan fingerprint density at radius 3 is 2.62 bits per heavy atom. The summed E-state index contributed by atoms with van der Waals surface area (Å²) in [5.74, 6) is -2.50. The van der Waals surface area contributed by atoms with Crippen molar-refractivity contribution in [2.45, 2.75) is 25.2 Å². The second-order valence-corrected chi connectivity index (χ2v) is 9.26. The number of Topliss-reactive ketones (excluding diaryl/α,β-unsaturated/α-hetero) is 1. The van der Waals surface area contributed by atoms with E-state index in [1.165, 1.54) is 25.6 Å². The van der Waals surface area contributed by atoms with Crippen LogP contribution in [0.4, 0.5) is 0 Å². The molecule has 1 N–H and O–H groups in total. The van der Waals surface area contributed by atoms with Gasteiger partial charge in [0.2, 0.25) is 6.79 Å². The molecule has 2 aromatic rings. The summed E-state index contributed by atoms with van der Waals surface area (Å²) in [4.78, 5) is 40.7. The second-order valence-electron chi connectivity index (χ2n) is 8.28. The molecule has 0 spiro atoms. The molecule has 0 radical (unpaired) electrons. The molecule has 3 heterocycles. The Morgan fingerprint density at radius 2 is 1.91 bits per heavy atom. The van der Waals surface area contributed by atoms with E-state index in [1.54, 1.807) is 25.1 Å². The third kappa shape index (κ3) is 3.47. The highest BCUT2D eigenvalue weighted by molar-refractivity contribution is 7.10. The second kappa shape index (κ2) is 8.64. The highest BCUT2D eigenvalue weighted by Crippen LogP contribution is 2.49. The number of methoxy groups -OCH3 is 2. The first-order chi connectivity index (χ1) is 16.4. The van der Waals surface area contributed by atoms with Crippen LogP contribution in [-0.4, -0.2) is 38.7 Å². The van der Waals surface area contributed by atoms with Gasteiger partial charge in [0.25, 0.3) is 0 Å². The predicted molar refractivity (Wildman–Crippen MR) is 122 cm³/mol. The molecule has 1 aromatic carbocycles. The molecule has 9 heteroatoms. The maximum absolute atomic E-state index is 14.0. The first-order valence-corrected chi connectivity index (χ1v) is 11.7. The number of carbonyl (C=O) groups excluding carboxylic acids is 3. The van der Waals surface area contributed by atoms with Crippen LogP contribution in [0.25, 0.3) is 0 Å². The standard InChI is InChI=1S/C25H23NO7S/c1-12-19(24(28)30-2)20(13-6-7-16-17(9-13)33-11-32-16)22-15(26-12)10-14(18-5-4-8-34-18)21(23(22)27)25(29)31-3/h4-9,14,20-21,26H,10-11H2,1-3H3/t14-,20-,21-/m1/s1. The zero-order valence-electron chi connectivity index (χ0n) is 18.9. The fourth-order valence-electron chi connectivity index (χ4n) is 5.01. The van der Waals surface area contributed by atoms with Gasteiger partial charge in [0, 0.05) is 33.7 Å². The number of dihydropyridines is 1. The highest BCUT2D eigenvalue weighted by atomic mass is 32.1. The Morgan fingerprint density at radius 1 is 1.12 bits per heavy atom. The zero-order valence-corrected chi connectivity index (χ0v) is 19.7. The van der Waals surface area contributed by atoms with Crippen molar-refractivity contribution < 1.29 is 33.3 Å². The van der Waals surface area contributed by atoms with Gasteiger partial charge in [-0.25, -0.2) is 4.79 Å². The first kappa shape index (κ1) is 22.2. The van der Waals surface area contributed by atoms with E-state index in [9.17, 15) is 14.4 Å². The summed E-state index contributed by atoms with van der Waals surface area (Å²) in [6, 6.07) is 9.14. The zero-order chi connectivity index (χ0) is 24.0. The Bertz CT molecular complexity index is 1240. The van der Waals surface area contributed by atoms with Crippen molar-refractivity contribution in [3.63, 3.8) is 0 Å². The van der Waals surface area contributed by atoms with Crippen molar-refractivity contribution >= 4 is 29.1 Å².